The van der Waals surface area contributed by atoms with Gasteiger partial charge in [0, 0.05) is 4.47 Å². The third-order valence-electron chi connectivity index (χ3n) is 5.69. The summed E-state index contributed by atoms with van der Waals surface area (Å²) in [5, 5.41) is 0. The smallest absolute Gasteiger partial charge is 0.333 e. The van der Waals surface area contributed by atoms with E-state index in [2.05, 4.69) is 31.9 Å². The molecule has 1 heterocycles. The molecule has 3 aromatic rings. The molecule has 1 amide bonds. The number of carbonyl (C=O) groups is 2. The number of esters is 1. The van der Waals surface area contributed by atoms with Gasteiger partial charge in [-0.25, -0.2) is 4.79 Å². The van der Waals surface area contributed by atoms with E-state index in [1.165, 1.54) is 4.90 Å². The molecule has 0 spiro atoms. The molecule has 0 radical (unpaired) electrons. The predicted molar refractivity (Wildman–Crippen MR) is 165 cm³/mol. The number of carbonyl (C=O) groups excluding carboxylic acids is 2. The quantitative estimate of drug-likeness (QED) is 0.123. The second-order valence-corrected chi connectivity index (χ2v) is 11.9. The van der Waals surface area contributed by atoms with E-state index in [0.717, 1.165) is 21.8 Å². The van der Waals surface area contributed by atoms with Gasteiger partial charge in [0.1, 0.15) is 10.9 Å². The first kappa shape index (κ1) is 29.3. The molecule has 0 saturated carbocycles. The number of nitrogens with zero attached hydrogens (tertiary/aromatic N) is 1. The number of ether oxygens (including phenoxy) is 3. The lowest BCUT2D eigenvalue weighted by atomic mass is 10.1. The van der Waals surface area contributed by atoms with Crippen molar-refractivity contribution in [2.24, 2.45) is 0 Å². The summed E-state index contributed by atoms with van der Waals surface area (Å²) >= 11 is 13.8. The van der Waals surface area contributed by atoms with Crippen LogP contribution in [-0.4, -0.2) is 34.8 Å². The molecule has 0 N–H and O–H groups in total. The molecule has 1 unspecified atom stereocenters. The van der Waals surface area contributed by atoms with Gasteiger partial charge in [-0.3, -0.25) is 9.69 Å². The van der Waals surface area contributed by atoms with E-state index in [9.17, 15) is 9.59 Å². The van der Waals surface area contributed by atoms with Gasteiger partial charge in [-0.1, -0.05) is 89.3 Å². The normalized spacial score (nSPS) is 15.0. The van der Waals surface area contributed by atoms with E-state index in [1.54, 1.807) is 31.4 Å². The predicted octanol–water partition coefficient (Wildman–Crippen LogP) is 7.69. The van der Waals surface area contributed by atoms with Gasteiger partial charge < -0.3 is 14.2 Å². The summed E-state index contributed by atoms with van der Waals surface area (Å²) in [6.07, 6.45) is 2.40. The summed E-state index contributed by atoms with van der Waals surface area (Å²) < 4.78 is 19.0. The van der Waals surface area contributed by atoms with Crippen LogP contribution >= 0.6 is 55.8 Å². The van der Waals surface area contributed by atoms with Crippen LogP contribution in [-0.2, 0) is 20.9 Å². The first-order chi connectivity index (χ1) is 18.8. The second kappa shape index (κ2) is 13.6. The topological polar surface area (TPSA) is 65.1 Å². The van der Waals surface area contributed by atoms with Crippen LogP contribution in [0.4, 0.5) is 0 Å². The third-order valence-corrected chi connectivity index (χ3v) is 8.10. The van der Waals surface area contributed by atoms with E-state index in [4.69, 9.17) is 26.4 Å². The van der Waals surface area contributed by atoms with Gasteiger partial charge >= 0.3 is 5.97 Å². The van der Waals surface area contributed by atoms with Crippen LogP contribution in [0.5, 0.6) is 11.5 Å². The van der Waals surface area contributed by atoms with Crippen LogP contribution in [0.3, 0.4) is 0 Å². The molecule has 1 aliphatic rings. The van der Waals surface area contributed by atoms with Gasteiger partial charge in [-0.05, 0) is 69.4 Å². The third kappa shape index (κ3) is 7.11. The summed E-state index contributed by atoms with van der Waals surface area (Å²) in [4.78, 5) is 28.4. The molecule has 1 atom stereocenters. The van der Waals surface area contributed by atoms with Crippen LogP contribution in [0.2, 0.25) is 0 Å². The van der Waals surface area contributed by atoms with E-state index in [0.29, 0.717) is 45.0 Å². The minimum absolute atomic E-state index is 0.261. The van der Waals surface area contributed by atoms with Crippen LogP contribution < -0.4 is 9.47 Å². The number of hydrogen-bond donors (Lipinski definition) is 0. The van der Waals surface area contributed by atoms with Crippen LogP contribution in [0.15, 0.2) is 80.6 Å². The Balaban J connectivity index is 1.60. The lowest BCUT2D eigenvalue weighted by Gasteiger charge is -2.25. The van der Waals surface area contributed by atoms with Crippen LogP contribution in [0, 0.1) is 0 Å². The van der Waals surface area contributed by atoms with Gasteiger partial charge in [0.15, 0.2) is 17.5 Å². The minimum atomic E-state index is -0.966. The molecule has 202 valence electrons. The summed E-state index contributed by atoms with van der Waals surface area (Å²) in [6.45, 7) is 2.52. The average Bonchev–Trinajstić information content (AvgIpc) is 3.19. The zero-order chi connectivity index (χ0) is 27.9. The number of hydrogen-bond acceptors (Lipinski definition) is 7. The van der Waals surface area contributed by atoms with Gasteiger partial charge in [0.25, 0.3) is 5.91 Å². The largest absolute Gasteiger partial charge is 0.493 e. The number of rotatable bonds is 10. The zero-order valence-electron chi connectivity index (χ0n) is 21.2. The molecular formula is C29H25Br2NO5S2. The van der Waals surface area contributed by atoms with E-state index in [1.807, 2.05) is 55.5 Å². The Hall–Kier alpha value is -2.66. The fourth-order valence-electron chi connectivity index (χ4n) is 3.91. The monoisotopic (exact) mass is 689 g/mol. The maximum atomic E-state index is 13.6. The lowest BCUT2D eigenvalue weighted by molar-refractivity contribution is -0.151. The van der Waals surface area contributed by atoms with E-state index >= 15 is 0 Å². The van der Waals surface area contributed by atoms with Crippen molar-refractivity contribution in [1.82, 2.24) is 4.90 Å². The van der Waals surface area contributed by atoms with Crippen molar-refractivity contribution in [1.29, 1.82) is 0 Å². The van der Waals surface area contributed by atoms with Gasteiger partial charge in [0.05, 0.1) is 23.1 Å². The number of methoxy groups -OCH3 is 1. The molecule has 39 heavy (non-hydrogen) atoms. The Kier molecular flexibility index (Phi) is 10.2. The zero-order valence-corrected chi connectivity index (χ0v) is 26.0. The molecule has 0 bridgehead atoms. The average molecular weight is 691 g/mol. The fourth-order valence-corrected chi connectivity index (χ4v) is 6.24. The molecule has 6 nitrogen and oxygen atoms in total. The minimum Gasteiger partial charge on any atom is -0.493 e. The van der Waals surface area contributed by atoms with Crippen molar-refractivity contribution in [2.45, 2.75) is 26.0 Å². The van der Waals surface area contributed by atoms with Crippen molar-refractivity contribution in [3.63, 3.8) is 0 Å². The maximum Gasteiger partial charge on any atom is 0.333 e. The molecule has 1 saturated heterocycles. The summed E-state index contributed by atoms with van der Waals surface area (Å²) in [6, 6.07) is 19.6. The van der Waals surface area contributed by atoms with E-state index < -0.39 is 12.0 Å². The summed E-state index contributed by atoms with van der Waals surface area (Å²) in [5.74, 6) is 0.172. The first-order valence-corrected chi connectivity index (χ1v) is 14.9. The number of thioether (sulfide) groups is 1. The van der Waals surface area contributed by atoms with Crippen LogP contribution in [0.25, 0.3) is 6.08 Å². The lowest BCUT2D eigenvalue weighted by Crippen LogP contribution is -2.38. The number of amides is 1. The highest BCUT2D eigenvalue weighted by Crippen LogP contribution is 2.41. The van der Waals surface area contributed by atoms with Crippen molar-refractivity contribution < 1.29 is 23.8 Å². The number of thiocarbonyl (C=S) groups is 1. The highest BCUT2D eigenvalue weighted by atomic mass is 79.9. The van der Waals surface area contributed by atoms with Gasteiger partial charge in [-0.2, -0.15) is 0 Å². The summed E-state index contributed by atoms with van der Waals surface area (Å²) in [5.41, 5.74) is 2.34. The second-order valence-electron chi connectivity index (χ2n) is 8.49. The molecule has 4 rings (SSSR count). The highest BCUT2D eigenvalue weighted by Gasteiger charge is 2.42. The fraction of sp³-hybridized carbons (Fsp3) is 0.207. The van der Waals surface area contributed by atoms with Crippen molar-refractivity contribution in [3.05, 3.63) is 97.3 Å². The Morgan fingerprint density at radius 1 is 1.10 bits per heavy atom. The molecule has 0 aromatic heterocycles. The molecule has 1 fully saturated rings. The molecule has 10 heteroatoms. The molecular weight excluding hydrogens is 666 g/mol. The molecule has 1 aliphatic heterocycles. The number of halogens is 2. The molecule has 0 aliphatic carbocycles. The Labute approximate surface area is 254 Å². The first-order valence-electron chi connectivity index (χ1n) is 12.1. The van der Waals surface area contributed by atoms with Crippen LogP contribution in [0.1, 0.15) is 36.1 Å². The van der Waals surface area contributed by atoms with Crippen molar-refractivity contribution >= 4 is 78.1 Å². The summed E-state index contributed by atoms with van der Waals surface area (Å²) in [7, 11) is 1.56. The number of benzene rings is 3. The van der Waals surface area contributed by atoms with Gasteiger partial charge in [0.2, 0.25) is 0 Å². The highest BCUT2D eigenvalue weighted by molar-refractivity contribution is 9.10. The Morgan fingerprint density at radius 2 is 1.87 bits per heavy atom. The van der Waals surface area contributed by atoms with Gasteiger partial charge in [-0.15, -0.1) is 0 Å². The van der Waals surface area contributed by atoms with E-state index in [-0.39, 0.29) is 16.8 Å². The molecule has 3 aromatic carbocycles. The standard InChI is InChI=1S/C29H25Br2NO5S2/c1-3-12-36-28(34)25(20-9-5-4-6-10-20)32-27(33)24(39-29(32)38)16-19-14-22(31)26(23(15-19)35-2)37-17-18-8-7-11-21(30)13-18/h4-11,13-16,25H,3,12,17H2,1-2H3/b24-16+. The Bertz CT molecular complexity index is 1410. The van der Waals surface area contributed by atoms with Crippen molar-refractivity contribution in [2.75, 3.05) is 13.7 Å². The maximum absolute atomic E-state index is 13.6. The van der Waals surface area contributed by atoms with Crippen molar-refractivity contribution in [3.8, 4) is 11.5 Å². The Morgan fingerprint density at radius 3 is 2.56 bits per heavy atom. The SMILES string of the molecule is CCCOC(=O)C(c1ccccc1)N1C(=O)/C(=C\c2cc(Br)c(OCc3cccc(Br)c3)c(OC)c2)SC1=S.